The number of aromatic nitrogens is 2. The number of methoxy groups -OCH3 is 2. The predicted octanol–water partition coefficient (Wildman–Crippen LogP) is 6.52. The molecule has 0 aliphatic rings. The van der Waals surface area contributed by atoms with Crippen molar-refractivity contribution >= 4 is 50.5 Å². The Bertz CT molecular complexity index is 922. The van der Waals surface area contributed by atoms with Crippen LogP contribution in [0.1, 0.15) is 24.5 Å². The Morgan fingerprint density at radius 1 is 1.19 bits per heavy atom. The maximum absolute atomic E-state index is 6.47. The molecule has 3 aromatic rings. The summed E-state index contributed by atoms with van der Waals surface area (Å²) in [4.78, 5) is 1.07. The minimum absolute atomic E-state index is 0.525. The number of halogens is 3. The molecule has 26 heavy (non-hydrogen) atoms. The third kappa shape index (κ3) is 3.72. The summed E-state index contributed by atoms with van der Waals surface area (Å²) < 4.78 is 13.8. The summed E-state index contributed by atoms with van der Waals surface area (Å²) in [6.07, 6.45) is 0.216. The third-order valence-corrected chi connectivity index (χ3v) is 6.13. The van der Waals surface area contributed by atoms with Crippen molar-refractivity contribution in [2.45, 2.75) is 19.6 Å². The summed E-state index contributed by atoms with van der Waals surface area (Å²) in [5, 5.41) is 5.90. The predicted molar refractivity (Wildman–Crippen MR) is 111 cm³/mol. The summed E-state index contributed by atoms with van der Waals surface area (Å²) in [6.45, 7) is 2.09. The fraction of sp³-hybridized carbons (Fsp3) is 0.278. The largest absolute Gasteiger partial charge is 0.350 e. The van der Waals surface area contributed by atoms with Gasteiger partial charge in [0.2, 0.25) is 6.29 Å². The normalized spacial score (nSPS) is 11.5. The van der Waals surface area contributed by atoms with E-state index in [9.17, 15) is 0 Å². The van der Waals surface area contributed by atoms with Gasteiger partial charge in [0.05, 0.1) is 25.1 Å². The van der Waals surface area contributed by atoms with Gasteiger partial charge in [0.1, 0.15) is 5.69 Å². The van der Waals surface area contributed by atoms with E-state index in [2.05, 4.69) is 28.9 Å². The fourth-order valence-electron chi connectivity index (χ4n) is 2.85. The molecule has 0 unspecified atom stereocenters. The minimum atomic E-state index is -0.556. The lowest BCUT2D eigenvalue weighted by molar-refractivity contribution is -0.109. The van der Waals surface area contributed by atoms with Crippen LogP contribution in [0.3, 0.4) is 0 Å². The number of nitrogens with zero attached hydrogens (tertiary/aromatic N) is 2. The highest BCUT2D eigenvalue weighted by atomic mass is 79.9. The van der Waals surface area contributed by atoms with Crippen molar-refractivity contribution in [3.63, 3.8) is 0 Å². The van der Waals surface area contributed by atoms with E-state index in [1.54, 1.807) is 37.7 Å². The molecule has 0 spiro atoms. The minimum Gasteiger partial charge on any atom is -0.350 e. The quantitative estimate of drug-likeness (QED) is 0.380. The fourth-order valence-corrected chi connectivity index (χ4v) is 4.78. The molecule has 0 amide bonds. The molecule has 3 rings (SSSR count). The molecule has 0 aliphatic carbocycles. The summed E-state index contributed by atoms with van der Waals surface area (Å²) in [5.41, 5.74) is 3.52. The van der Waals surface area contributed by atoms with Crippen LogP contribution >= 0.6 is 50.5 Å². The second kappa shape index (κ2) is 8.42. The monoisotopic (exact) mass is 474 g/mol. The van der Waals surface area contributed by atoms with Crippen molar-refractivity contribution in [1.82, 2.24) is 9.78 Å². The number of benzene rings is 1. The van der Waals surface area contributed by atoms with E-state index in [-0.39, 0.29) is 0 Å². The molecule has 0 N–H and O–H groups in total. The molecule has 0 bridgehead atoms. The standard InChI is InChI=1S/C18H17BrCl2N2O2S/c1-4-11-16(18(24-2)25-3)22-23(13-6-5-10(20)9-12(13)21)17(11)14-7-8-15(19)26-14/h5-9,18H,4H2,1-3H3. The van der Waals surface area contributed by atoms with Gasteiger partial charge in [0.15, 0.2) is 0 Å². The zero-order valence-corrected chi connectivity index (χ0v) is 18.3. The second-order valence-electron chi connectivity index (χ2n) is 5.48. The van der Waals surface area contributed by atoms with Crippen molar-refractivity contribution < 1.29 is 9.47 Å². The smallest absolute Gasteiger partial charge is 0.202 e. The van der Waals surface area contributed by atoms with Gasteiger partial charge in [0, 0.05) is 24.8 Å². The van der Waals surface area contributed by atoms with Gasteiger partial charge in [-0.05, 0) is 52.7 Å². The highest BCUT2D eigenvalue weighted by Crippen LogP contribution is 2.39. The van der Waals surface area contributed by atoms with Crippen LogP contribution in [-0.4, -0.2) is 24.0 Å². The Kier molecular flexibility index (Phi) is 6.43. The third-order valence-electron chi connectivity index (χ3n) is 3.96. The molecule has 4 nitrogen and oxygen atoms in total. The molecule has 0 radical (unpaired) electrons. The van der Waals surface area contributed by atoms with Gasteiger partial charge in [-0.2, -0.15) is 5.10 Å². The first-order valence-corrected chi connectivity index (χ1v) is 10.2. The van der Waals surface area contributed by atoms with Crippen LogP contribution < -0.4 is 0 Å². The zero-order chi connectivity index (χ0) is 18.8. The molecule has 2 aromatic heterocycles. The van der Waals surface area contributed by atoms with Crippen LogP contribution in [0.25, 0.3) is 16.3 Å². The lowest BCUT2D eigenvalue weighted by Crippen LogP contribution is -2.07. The van der Waals surface area contributed by atoms with Crippen molar-refractivity contribution in [2.24, 2.45) is 0 Å². The molecular weight excluding hydrogens is 459 g/mol. The van der Waals surface area contributed by atoms with Crippen LogP contribution in [0.4, 0.5) is 0 Å². The number of hydrogen-bond acceptors (Lipinski definition) is 4. The zero-order valence-electron chi connectivity index (χ0n) is 14.4. The Labute approximate surface area is 174 Å². The summed E-state index contributed by atoms with van der Waals surface area (Å²) in [7, 11) is 3.20. The molecule has 0 fully saturated rings. The van der Waals surface area contributed by atoms with Crippen LogP contribution in [0, 0.1) is 0 Å². The van der Waals surface area contributed by atoms with Crippen LogP contribution in [0.2, 0.25) is 10.0 Å². The summed E-state index contributed by atoms with van der Waals surface area (Å²) in [5.74, 6) is 0. The van der Waals surface area contributed by atoms with E-state index in [1.165, 1.54) is 0 Å². The first-order valence-electron chi connectivity index (χ1n) is 7.88. The maximum atomic E-state index is 6.47. The highest BCUT2D eigenvalue weighted by molar-refractivity contribution is 9.11. The van der Waals surface area contributed by atoms with Crippen LogP contribution in [0.5, 0.6) is 0 Å². The number of thiophene rings is 1. The lowest BCUT2D eigenvalue weighted by atomic mass is 10.1. The van der Waals surface area contributed by atoms with Gasteiger partial charge in [-0.1, -0.05) is 30.1 Å². The maximum Gasteiger partial charge on any atom is 0.202 e. The highest BCUT2D eigenvalue weighted by Gasteiger charge is 2.26. The summed E-state index contributed by atoms with van der Waals surface area (Å²) >= 11 is 17.7. The Hall–Kier alpha value is -0.890. The lowest BCUT2D eigenvalue weighted by Gasteiger charge is -2.12. The molecule has 1 aromatic carbocycles. The van der Waals surface area contributed by atoms with Gasteiger partial charge in [-0.15, -0.1) is 11.3 Å². The first-order chi connectivity index (χ1) is 12.5. The van der Waals surface area contributed by atoms with E-state index >= 15 is 0 Å². The average molecular weight is 476 g/mol. The van der Waals surface area contributed by atoms with Crippen molar-refractivity contribution in [1.29, 1.82) is 0 Å². The van der Waals surface area contributed by atoms with Gasteiger partial charge >= 0.3 is 0 Å². The first kappa shape index (κ1) is 19.9. The van der Waals surface area contributed by atoms with Gasteiger partial charge in [-0.25, -0.2) is 4.68 Å². The van der Waals surface area contributed by atoms with Gasteiger partial charge < -0.3 is 9.47 Å². The Morgan fingerprint density at radius 2 is 1.92 bits per heavy atom. The van der Waals surface area contributed by atoms with E-state index in [0.29, 0.717) is 10.0 Å². The van der Waals surface area contributed by atoms with E-state index in [0.717, 1.165) is 37.7 Å². The van der Waals surface area contributed by atoms with Crippen molar-refractivity contribution in [2.75, 3.05) is 14.2 Å². The molecule has 0 saturated carbocycles. The molecule has 2 heterocycles. The molecule has 138 valence electrons. The molecule has 0 saturated heterocycles. The molecule has 8 heteroatoms. The van der Waals surface area contributed by atoms with Gasteiger partial charge in [-0.3, -0.25) is 0 Å². The van der Waals surface area contributed by atoms with Crippen LogP contribution in [-0.2, 0) is 15.9 Å². The Morgan fingerprint density at radius 3 is 2.46 bits per heavy atom. The average Bonchev–Trinajstić information content (AvgIpc) is 3.19. The molecule has 0 aliphatic heterocycles. The van der Waals surface area contributed by atoms with E-state index < -0.39 is 6.29 Å². The van der Waals surface area contributed by atoms with Gasteiger partial charge in [0.25, 0.3) is 0 Å². The SMILES string of the molecule is CCc1c(C(OC)OC)nn(-c2ccc(Cl)cc2Cl)c1-c1ccc(Br)s1. The second-order valence-corrected chi connectivity index (χ2v) is 8.79. The van der Waals surface area contributed by atoms with Crippen molar-refractivity contribution in [3.05, 3.63) is 55.4 Å². The number of ether oxygens (including phenoxy) is 2. The van der Waals surface area contributed by atoms with Crippen molar-refractivity contribution in [3.8, 4) is 16.3 Å². The van der Waals surface area contributed by atoms with Crippen LogP contribution in [0.15, 0.2) is 34.1 Å². The van der Waals surface area contributed by atoms with E-state index in [1.807, 2.05) is 16.8 Å². The topological polar surface area (TPSA) is 36.3 Å². The van der Waals surface area contributed by atoms with E-state index in [4.69, 9.17) is 37.8 Å². The molecular formula is C18H17BrCl2N2O2S. The number of hydrogen-bond donors (Lipinski definition) is 0. The number of rotatable bonds is 6. The summed E-state index contributed by atoms with van der Waals surface area (Å²) in [6, 6.07) is 9.45. The Balaban J connectivity index is 2.31. The molecule has 0 atom stereocenters.